The molecule has 0 unspecified atom stereocenters. The number of hydrogen-bond acceptors (Lipinski definition) is 6. The first-order valence-corrected chi connectivity index (χ1v) is 9.94. The van der Waals surface area contributed by atoms with Gasteiger partial charge < -0.3 is 9.42 Å². The van der Waals surface area contributed by atoms with Crippen molar-refractivity contribution >= 4 is 15.7 Å². The van der Waals surface area contributed by atoms with Crippen LogP contribution < -0.4 is 4.90 Å². The van der Waals surface area contributed by atoms with Crippen LogP contribution in [0.25, 0.3) is 11.4 Å². The maximum Gasteiger partial charge on any atom is 0.471 e. The summed E-state index contributed by atoms with van der Waals surface area (Å²) in [6.45, 7) is 2.66. The summed E-state index contributed by atoms with van der Waals surface area (Å²) in [5.41, 5.74) is 1.21. The van der Waals surface area contributed by atoms with Gasteiger partial charge in [-0.2, -0.15) is 22.5 Å². The second kappa shape index (κ2) is 7.12. The van der Waals surface area contributed by atoms with Gasteiger partial charge in [-0.25, -0.2) is 8.42 Å². The van der Waals surface area contributed by atoms with E-state index in [0.717, 1.165) is 5.69 Å². The number of rotatable bonds is 6. The van der Waals surface area contributed by atoms with Crippen LogP contribution in [0.15, 0.2) is 28.8 Å². The summed E-state index contributed by atoms with van der Waals surface area (Å²) in [5, 5.41) is 3.35. The third-order valence-electron chi connectivity index (χ3n) is 4.43. The quantitative estimate of drug-likeness (QED) is 0.736. The van der Waals surface area contributed by atoms with E-state index < -0.39 is 22.1 Å². The highest BCUT2D eigenvalue weighted by Gasteiger charge is 2.39. The Labute approximate surface area is 154 Å². The molecule has 1 aliphatic rings. The van der Waals surface area contributed by atoms with E-state index in [1.165, 1.54) is 4.31 Å². The Hall–Kier alpha value is -2.14. The van der Waals surface area contributed by atoms with E-state index >= 15 is 0 Å². The Morgan fingerprint density at radius 2 is 1.89 bits per heavy atom. The fraction of sp³-hybridized carbons (Fsp3) is 0.500. The van der Waals surface area contributed by atoms with Gasteiger partial charge in [-0.3, -0.25) is 0 Å². The summed E-state index contributed by atoms with van der Waals surface area (Å²) >= 11 is 0. The molecule has 1 aliphatic heterocycles. The lowest BCUT2D eigenvalue weighted by molar-refractivity contribution is -0.159. The van der Waals surface area contributed by atoms with Crippen LogP contribution in [0.4, 0.5) is 18.9 Å². The van der Waals surface area contributed by atoms with Crippen molar-refractivity contribution in [2.75, 3.05) is 30.8 Å². The molecular weight excluding hydrogens is 385 g/mol. The molecule has 0 spiro atoms. The predicted molar refractivity (Wildman–Crippen MR) is 92.6 cm³/mol. The zero-order chi connectivity index (χ0) is 19.8. The molecule has 0 amide bonds. The van der Waals surface area contributed by atoms with Crippen molar-refractivity contribution in [3.05, 3.63) is 30.2 Å². The van der Waals surface area contributed by atoms with Crippen molar-refractivity contribution < 1.29 is 26.1 Å². The van der Waals surface area contributed by atoms with Crippen molar-refractivity contribution in [3.63, 3.8) is 0 Å². The smallest absolute Gasteiger partial charge is 0.369 e. The van der Waals surface area contributed by atoms with Gasteiger partial charge in [0.15, 0.2) is 0 Å². The molecule has 3 rings (SSSR count). The van der Waals surface area contributed by atoms with E-state index in [4.69, 9.17) is 0 Å². The minimum absolute atomic E-state index is 0.0458. The first-order valence-electron chi connectivity index (χ1n) is 8.34. The van der Waals surface area contributed by atoms with E-state index in [1.54, 1.807) is 24.3 Å². The summed E-state index contributed by atoms with van der Waals surface area (Å²) in [6.07, 6.45) is -4.10. The lowest BCUT2D eigenvalue weighted by Gasteiger charge is -2.43. The zero-order valence-corrected chi connectivity index (χ0v) is 15.6. The molecule has 1 fully saturated rings. The molecule has 11 heteroatoms. The molecule has 2 aromatic rings. The first kappa shape index (κ1) is 19.6. The Balaban J connectivity index is 1.65. The molecular formula is C16H19F3N4O3S. The Morgan fingerprint density at radius 3 is 2.41 bits per heavy atom. The number of alkyl halides is 3. The molecule has 0 saturated carbocycles. The third-order valence-corrected chi connectivity index (χ3v) is 6.44. The lowest BCUT2D eigenvalue weighted by atomic mass is 10.1. The molecule has 0 atom stereocenters. The minimum Gasteiger partial charge on any atom is -0.369 e. The molecule has 2 heterocycles. The number of likely N-dealkylation sites (N-methyl/N-ethyl adjacent to an activating group) is 1. The average molecular weight is 404 g/mol. The molecule has 7 nitrogen and oxygen atoms in total. The number of benzene rings is 1. The molecule has 148 valence electrons. The summed E-state index contributed by atoms with van der Waals surface area (Å²) in [4.78, 5) is 5.30. The van der Waals surface area contributed by atoms with Crippen molar-refractivity contribution in [1.29, 1.82) is 0 Å². The number of sulfonamides is 1. The monoisotopic (exact) mass is 404 g/mol. The Morgan fingerprint density at radius 1 is 1.26 bits per heavy atom. The normalized spacial score (nSPS) is 16.3. The second-order valence-electron chi connectivity index (χ2n) is 6.37. The first-order chi connectivity index (χ1) is 12.6. The molecule has 1 aromatic heterocycles. The van der Waals surface area contributed by atoms with Gasteiger partial charge in [0.1, 0.15) is 0 Å². The zero-order valence-electron chi connectivity index (χ0n) is 14.8. The number of nitrogens with zero attached hydrogens (tertiary/aromatic N) is 4. The summed E-state index contributed by atoms with van der Waals surface area (Å²) < 4.78 is 67.3. The Kier molecular flexibility index (Phi) is 5.17. The van der Waals surface area contributed by atoms with E-state index in [0.29, 0.717) is 25.1 Å². The van der Waals surface area contributed by atoms with Crippen LogP contribution in [0.3, 0.4) is 0 Å². The number of anilines is 1. The van der Waals surface area contributed by atoms with Gasteiger partial charge in [-0.15, -0.1) is 0 Å². The fourth-order valence-electron chi connectivity index (χ4n) is 2.79. The van der Waals surface area contributed by atoms with E-state index in [-0.39, 0.29) is 17.6 Å². The maximum atomic E-state index is 12.5. The molecule has 1 saturated heterocycles. The van der Waals surface area contributed by atoms with E-state index in [2.05, 4.69) is 14.7 Å². The molecule has 0 bridgehead atoms. The highest BCUT2D eigenvalue weighted by Crippen LogP contribution is 2.30. The minimum atomic E-state index is -4.68. The van der Waals surface area contributed by atoms with Gasteiger partial charge in [-0.1, -0.05) is 12.1 Å². The standard InChI is InChI=1S/C16H19F3N4O3S/c1-3-8-27(24,25)23-9-13(10-23)22(2)12-6-4-11(5-7-12)14-20-15(26-21-14)16(17,18)19/h4-7,13H,3,8-10H2,1-2H3. The van der Waals surface area contributed by atoms with Crippen LogP contribution in [0.1, 0.15) is 19.2 Å². The summed E-state index contributed by atoms with van der Waals surface area (Å²) in [7, 11) is -1.34. The predicted octanol–water partition coefficient (Wildman–Crippen LogP) is 2.62. The average Bonchev–Trinajstić information content (AvgIpc) is 3.03. The van der Waals surface area contributed by atoms with Crippen LogP contribution >= 0.6 is 0 Å². The molecule has 1 aromatic carbocycles. The van der Waals surface area contributed by atoms with Crippen molar-refractivity contribution in [2.24, 2.45) is 0 Å². The van der Waals surface area contributed by atoms with Gasteiger partial charge in [0.25, 0.3) is 0 Å². The third kappa shape index (κ3) is 4.08. The second-order valence-corrected chi connectivity index (χ2v) is 8.45. The van der Waals surface area contributed by atoms with Gasteiger partial charge >= 0.3 is 12.1 Å². The fourth-order valence-corrected chi connectivity index (χ4v) is 4.36. The van der Waals surface area contributed by atoms with Crippen molar-refractivity contribution in [1.82, 2.24) is 14.4 Å². The van der Waals surface area contributed by atoms with Gasteiger partial charge in [-0.05, 0) is 30.7 Å². The van der Waals surface area contributed by atoms with E-state index in [9.17, 15) is 21.6 Å². The molecule has 0 N–H and O–H groups in total. The van der Waals surface area contributed by atoms with Gasteiger partial charge in [0, 0.05) is 31.4 Å². The van der Waals surface area contributed by atoms with Crippen LogP contribution in [0.2, 0.25) is 0 Å². The molecule has 0 radical (unpaired) electrons. The van der Waals surface area contributed by atoms with Crippen LogP contribution in [0, 0.1) is 0 Å². The summed E-state index contributed by atoms with van der Waals surface area (Å²) in [5.74, 6) is -1.39. The Bertz CT molecular complexity index is 890. The van der Waals surface area contributed by atoms with Crippen molar-refractivity contribution in [2.45, 2.75) is 25.6 Å². The number of hydrogen-bond donors (Lipinski definition) is 0. The largest absolute Gasteiger partial charge is 0.471 e. The molecule has 27 heavy (non-hydrogen) atoms. The van der Waals surface area contributed by atoms with Gasteiger partial charge in [0.05, 0.1) is 11.8 Å². The summed E-state index contributed by atoms with van der Waals surface area (Å²) in [6, 6.07) is 6.69. The van der Waals surface area contributed by atoms with Crippen molar-refractivity contribution in [3.8, 4) is 11.4 Å². The molecule has 0 aliphatic carbocycles. The van der Waals surface area contributed by atoms with Crippen LogP contribution in [-0.2, 0) is 16.2 Å². The highest BCUT2D eigenvalue weighted by atomic mass is 32.2. The maximum absolute atomic E-state index is 12.5. The highest BCUT2D eigenvalue weighted by molar-refractivity contribution is 7.89. The number of aromatic nitrogens is 2. The topological polar surface area (TPSA) is 79.5 Å². The number of halogens is 3. The van der Waals surface area contributed by atoms with Crippen LogP contribution in [0.5, 0.6) is 0 Å². The SMILES string of the molecule is CCCS(=O)(=O)N1CC(N(C)c2ccc(-c3noc(C(F)(F)F)n3)cc2)C1. The van der Waals surface area contributed by atoms with Crippen LogP contribution in [-0.4, -0.2) is 54.8 Å². The van der Waals surface area contributed by atoms with Gasteiger partial charge in [0.2, 0.25) is 15.8 Å². The lowest BCUT2D eigenvalue weighted by Crippen LogP contribution is -2.60. The van der Waals surface area contributed by atoms with E-state index in [1.807, 2.05) is 18.9 Å².